The molecule has 60 heavy (non-hydrogen) atoms. The average Bonchev–Trinajstić information content (AvgIpc) is 3.50. The normalized spacial score (nSPS) is 10.8. The van der Waals surface area contributed by atoms with Gasteiger partial charge in [0.2, 0.25) is 5.78 Å². The van der Waals surface area contributed by atoms with E-state index >= 15 is 0 Å². The van der Waals surface area contributed by atoms with E-state index in [0.29, 0.717) is 40.1 Å². The molecule has 0 saturated carbocycles. The van der Waals surface area contributed by atoms with Crippen molar-refractivity contribution < 1.29 is 50.3 Å². The van der Waals surface area contributed by atoms with Crippen LogP contribution in [-0.4, -0.2) is 35.7 Å². The number of Topliss-reactive ketones (excluding diaryl/α,β-unsaturated/α-hetero) is 3. The number of anilines is 2. The van der Waals surface area contributed by atoms with Crippen molar-refractivity contribution in [2.45, 2.75) is 58.4 Å². The van der Waals surface area contributed by atoms with Crippen LogP contribution in [0.2, 0.25) is 0 Å². The lowest BCUT2D eigenvalue weighted by Crippen LogP contribution is -2.24. The maximum atomic E-state index is 12.6. The molecule has 0 atom stereocenters. The molecule has 9 nitrogen and oxygen atoms in total. The number of nitrogens with one attached hydrogen (secondary N) is 2. The number of benzene rings is 4. The van der Waals surface area contributed by atoms with Crippen molar-refractivity contribution >= 4 is 51.2 Å². The van der Waals surface area contributed by atoms with Crippen LogP contribution in [0.5, 0.6) is 0 Å². The molecule has 0 saturated heterocycles. The number of rotatable bonds is 13. The molecule has 1 heterocycles. The van der Waals surface area contributed by atoms with Gasteiger partial charge in [-0.25, -0.2) is 6.57 Å². The highest BCUT2D eigenvalue weighted by atomic mass is 32.1. The van der Waals surface area contributed by atoms with Gasteiger partial charge in [0.25, 0.3) is 18.4 Å². The molecule has 5 aromatic rings. The van der Waals surface area contributed by atoms with Crippen LogP contribution in [0.25, 0.3) is 4.85 Å². The summed E-state index contributed by atoms with van der Waals surface area (Å²) in [4.78, 5) is 61.3. The van der Waals surface area contributed by atoms with Crippen molar-refractivity contribution in [1.29, 1.82) is 0 Å². The Morgan fingerprint density at radius 1 is 0.700 bits per heavy atom. The van der Waals surface area contributed by atoms with Gasteiger partial charge in [0.15, 0.2) is 0 Å². The summed E-state index contributed by atoms with van der Waals surface area (Å²) in [7, 11) is 0. The minimum atomic E-state index is -4.42. The van der Waals surface area contributed by atoms with E-state index in [-0.39, 0.29) is 59.8 Å². The molecular formula is C44H40F6N4O5S. The fourth-order valence-electron chi connectivity index (χ4n) is 5.30. The molecule has 0 aliphatic heterocycles. The zero-order valence-corrected chi connectivity index (χ0v) is 33.2. The van der Waals surface area contributed by atoms with Gasteiger partial charge in [-0.15, -0.1) is 11.3 Å². The van der Waals surface area contributed by atoms with Crippen LogP contribution >= 0.6 is 11.3 Å². The summed E-state index contributed by atoms with van der Waals surface area (Å²) < 4.78 is 74.6. The lowest BCUT2D eigenvalue weighted by molar-refractivity contribution is -0.138. The number of thiophene rings is 1. The molecule has 5 rings (SSSR count). The Hall–Kier alpha value is -6.60. The summed E-state index contributed by atoms with van der Waals surface area (Å²) in [6.07, 6.45) is -7.78. The fourth-order valence-corrected chi connectivity index (χ4v) is 6.27. The quantitative estimate of drug-likeness (QED) is 0.0613. The fraction of sp³-hybridized carbons (Fsp3) is 0.227. The van der Waals surface area contributed by atoms with Gasteiger partial charge in [-0.1, -0.05) is 72.8 Å². The van der Waals surface area contributed by atoms with Gasteiger partial charge in [0, 0.05) is 25.1 Å². The SMILES string of the molecule is CC(=O)CC(=O)Cc1ccccc1.Cc1c(C(=O)Nc2ccccc2)sc(N)c1C(=O)NCc1ccc(C(F)(F)F)cc1.[C-]#[N+]CC(=O)CCc1ccc(C(F)(F)F)cc1. The van der Waals surface area contributed by atoms with Gasteiger partial charge >= 0.3 is 12.4 Å². The average molecular weight is 851 g/mol. The lowest BCUT2D eigenvalue weighted by atomic mass is 10.1. The van der Waals surface area contributed by atoms with Gasteiger partial charge in [0.05, 0.1) is 33.0 Å². The number of carbonyl (C=O) groups is 5. The van der Waals surface area contributed by atoms with E-state index in [1.807, 2.05) is 36.4 Å². The van der Waals surface area contributed by atoms with Crippen molar-refractivity contribution in [3.8, 4) is 0 Å². The number of nitrogen functional groups attached to an aromatic ring is 1. The molecule has 0 unspecified atom stereocenters. The smallest absolute Gasteiger partial charge is 0.390 e. The van der Waals surface area contributed by atoms with Crippen LogP contribution in [0.4, 0.5) is 37.0 Å². The summed E-state index contributed by atoms with van der Waals surface area (Å²) in [5.41, 5.74) is 7.88. The standard InChI is InChI=1S/C21H18F3N3O2S.C12H10F3NO.C11H12O2/c1-12-16(18(25)30-17(12)20(29)27-15-5-3-2-4-6-15)19(28)26-11-13-7-9-14(10-8-13)21(22,23)24;1-16-8-11(17)7-4-9-2-5-10(6-3-9)12(13,14)15;1-9(12)7-11(13)8-10-5-3-2-4-6-10/h2-10H,11,25H2,1H3,(H,26,28)(H,27,29);2-3,5-6H,4,7-8H2;2-6H,7-8H2,1H3. The summed E-state index contributed by atoms with van der Waals surface area (Å²) in [5, 5.41) is 5.57. The molecule has 314 valence electrons. The Morgan fingerprint density at radius 3 is 1.72 bits per heavy atom. The van der Waals surface area contributed by atoms with Crippen molar-refractivity contribution in [3.63, 3.8) is 0 Å². The lowest BCUT2D eigenvalue weighted by Gasteiger charge is -2.09. The largest absolute Gasteiger partial charge is 0.416 e. The highest BCUT2D eigenvalue weighted by molar-refractivity contribution is 7.18. The maximum Gasteiger partial charge on any atom is 0.416 e. The number of alkyl halides is 6. The number of nitrogens with zero attached hydrogens (tertiary/aromatic N) is 1. The van der Waals surface area contributed by atoms with Gasteiger partial charge in [-0.3, -0.25) is 24.0 Å². The molecule has 0 fully saturated rings. The number of nitrogens with two attached hydrogens (primary N) is 1. The Bertz CT molecular complexity index is 2270. The molecular weight excluding hydrogens is 811 g/mol. The van der Waals surface area contributed by atoms with Crippen LogP contribution in [0, 0.1) is 13.5 Å². The van der Waals surface area contributed by atoms with E-state index in [1.54, 1.807) is 31.2 Å². The summed E-state index contributed by atoms with van der Waals surface area (Å²) >= 11 is 1.00. The van der Waals surface area contributed by atoms with Crippen molar-refractivity contribution in [3.05, 3.63) is 164 Å². The van der Waals surface area contributed by atoms with Gasteiger partial charge < -0.3 is 21.2 Å². The third-order valence-corrected chi connectivity index (χ3v) is 9.41. The minimum absolute atomic E-state index is 0.0151. The number of aryl methyl sites for hydroxylation is 1. The number of halogens is 6. The molecule has 4 N–H and O–H groups in total. The molecule has 0 radical (unpaired) electrons. The van der Waals surface area contributed by atoms with Crippen LogP contribution in [0.1, 0.15) is 73.2 Å². The predicted octanol–water partition coefficient (Wildman–Crippen LogP) is 9.74. The zero-order chi connectivity index (χ0) is 44.5. The Kier molecular flexibility index (Phi) is 17.9. The Balaban J connectivity index is 0.000000269. The van der Waals surface area contributed by atoms with Gasteiger partial charge in [-0.2, -0.15) is 26.3 Å². The minimum Gasteiger partial charge on any atom is -0.390 e. The van der Waals surface area contributed by atoms with E-state index in [4.69, 9.17) is 12.3 Å². The molecule has 1 aromatic heterocycles. The van der Waals surface area contributed by atoms with Gasteiger partial charge in [0.1, 0.15) is 11.6 Å². The summed E-state index contributed by atoms with van der Waals surface area (Å²) in [6.45, 7) is 9.41. The topological polar surface area (TPSA) is 140 Å². The molecule has 0 spiro atoms. The number of carbonyl (C=O) groups excluding carboxylic acids is 5. The maximum absolute atomic E-state index is 12.6. The summed E-state index contributed by atoms with van der Waals surface area (Å²) in [5.74, 6) is -1.16. The van der Waals surface area contributed by atoms with Crippen LogP contribution in [0.3, 0.4) is 0 Å². The first-order chi connectivity index (χ1) is 28.3. The Morgan fingerprint density at radius 2 is 1.22 bits per heavy atom. The highest BCUT2D eigenvalue weighted by Gasteiger charge is 2.31. The van der Waals surface area contributed by atoms with Crippen LogP contribution < -0.4 is 16.4 Å². The number of para-hydroxylation sites is 1. The third kappa shape index (κ3) is 16.0. The van der Waals surface area contributed by atoms with Crippen LogP contribution in [0.15, 0.2) is 109 Å². The van der Waals surface area contributed by atoms with E-state index in [1.165, 1.54) is 31.2 Å². The molecule has 0 aliphatic rings. The second-order valence-electron chi connectivity index (χ2n) is 13.1. The molecule has 4 aromatic carbocycles. The summed E-state index contributed by atoms with van der Waals surface area (Å²) in [6, 6.07) is 27.5. The monoisotopic (exact) mass is 850 g/mol. The molecule has 16 heteroatoms. The second kappa shape index (κ2) is 22.5. The highest BCUT2D eigenvalue weighted by Crippen LogP contribution is 2.32. The van der Waals surface area contributed by atoms with Crippen molar-refractivity contribution in [2.24, 2.45) is 0 Å². The van der Waals surface area contributed by atoms with Crippen molar-refractivity contribution in [1.82, 2.24) is 5.32 Å². The first-order valence-electron chi connectivity index (χ1n) is 18.0. The van der Waals surface area contributed by atoms with E-state index < -0.39 is 29.4 Å². The van der Waals surface area contributed by atoms with E-state index in [2.05, 4.69) is 15.5 Å². The Labute approximate surface area is 346 Å². The molecule has 2 amide bonds. The number of amides is 2. The number of ketones is 3. The van der Waals surface area contributed by atoms with E-state index in [9.17, 15) is 50.3 Å². The first-order valence-corrected chi connectivity index (χ1v) is 18.9. The number of hydrogen-bond donors (Lipinski definition) is 3. The zero-order valence-electron chi connectivity index (χ0n) is 32.4. The van der Waals surface area contributed by atoms with Crippen LogP contribution in [-0.2, 0) is 46.1 Å². The molecule has 0 bridgehead atoms. The van der Waals surface area contributed by atoms with E-state index in [0.717, 1.165) is 41.2 Å². The molecule has 0 aliphatic carbocycles. The first kappa shape index (κ1) is 47.8. The second-order valence-corrected chi connectivity index (χ2v) is 14.2. The van der Waals surface area contributed by atoms with Crippen molar-refractivity contribution in [2.75, 3.05) is 17.6 Å². The predicted molar refractivity (Wildman–Crippen MR) is 217 cm³/mol. The van der Waals surface area contributed by atoms with Gasteiger partial charge in [-0.05, 0) is 78.9 Å². The third-order valence-electron chi connectivity index (χ3n) is 8.29. The number of hydrogen-bond acceptors (Lipinski definition) is 7.